The summed E-state index contributed by atoms with van der Waals surface area (Å²) in [6, 6.07) is 6.54. The average molecular weight is 224 g/mol. The largest absolute Gasteiger partial charge is 0.511 e. The Morgan fingerprint density at radius 3 is 2.38 bits per heavy atom. The minimum Gasteiger partial charge on any atom is -0.494 e. The Bertz CT molecular complexity index is 318. The summed E-state index contributed by atoms with van der Waals surface area (Å²) in [5, 5.41) is 8.38. The lowest BCUT2D eigenvalue weighted by Gasteiger charge is -2.06. The van der Waals surface area contributed by atoms with E-state index in [1.54, 1.807) is 24.3 Å². The van der Waals surface area contributed by atoms with Crippen molar-refractivity contribution in [3.8, 4) is 11.5 Å². The van der Waals surface area contributed by atoms with Gasteiger partial charge < -0.3 is 14.6 Å². The molecule has 0 spiro atoms. The number of carboxylic acid groups (broad SMARTS) is 1. The summed E-state index contributed by atoms with van der Waals surface area (Å²) in [4.78, 5) is 10.2. The second kappa shape index (κ2) is 6.71. The molecule has 1 rings (SSSR count). The summed E-state index contributed by atoms with van der Waals surface area (Å²) in [7, 11) is 0. The summed E-state index contributed by atoms with van der Waals surface area (Å²) < 4.78 is 9.94. The minimum atomic E-state index is -1.31. The van der Waals surface area contributed by atoms with Gasteiger partial charge in [0.05, 0.1) is 6.61 Å². The molecule has 0 radical (unpaired) electrons. The summed E-state index contributed by atoms with van der Waals surface area (Å²) in [6.07, 6.45) is 2.04. The molecule has 0 heterocycles. The molecule has 0 amide bonds. The predicted molar refractivity (Wildman–Crippen MR) is 60.1 cm³/mol. The van der Waals surface area contributed by atoms with Crippen LogP contribution in [-0.4, -0.2) is 17.9 Å². The van der Waals surface area contributed by atoms with Crippen LogP contribution in [-0.2, 0) is 0 Å². The summed E-state index contributed by atoms with van der Waals surface area (Å²) >= 11 is 0. The van der Waals surface area contributed by atoms with E-state index in [4.69, 9.17) is 9.84 Å². The van der Waals surface area contributed by atoms with E-state index < -0.39 is 6.16 Å². The van der Waals surface area contributed by atoms with Gasteiger partial charge in [-0.15, -0.1) is 0 Å². The third-order valence-electron chi connectivity index (χ3n) is 2.05. The molecule has 1 N–H and O–H groups in total. The Balaban J connectivity index is 2.36. The fourth-order valence-electron chi connectivity index (χ4n) is 1.25. The van der Waals surface area contributed by atoms with Gasteiger partial charge in [0.15, 0.2) is 0 Å². The van der Waals surface area contributed by atoms with Crippen molar-refractivity contribution in [3.63, 3.8) is 0 Å². The van der Waals surface area contributed by atoms with Crippen LogP contribution < -0.4 is 9.47 Å². The van der Waals surface area contributed by atoms with E-state index in [-0.39, 0.29) is 0 Å². The van der Waals surface area contributed by atoms with Gasteiger partial charge in [0.25, 0.3) is 0 Å². The third kappa shape index (κ3) is 4.68. The molecule has 0 saturated heterocycles. The normalized spacial score (nSPS) is 9.81. The van der Waals surface area contributed by atoms with Crippen LogP contribution in [0.25, 0.3) is 0 Å². The highest BCUT2D eigenvalue weighted by atomic mass is 16.7. The highest BCUT2D eigenvalue weighted by Gasteiger charge is 2.00. The molecule has 0 unspecified atom stereocenters. The van der Waals surface area contributed by atoms with E-state index in [0.717, 1.165) is 25.0 Å². The number of rotatable bonds is 6. The van der Waals surface area contributed by atoms with Crippen LogP contribution in [0.15, 0.2) is 24.3 Å². The molecular weight excluding hydrogens is 208 g/mol. The van der Waals surface area contributed by atoms with Crippen LogP contribution >= 0.6 is 0 Å². The molecule has 1 aromatic rings. The molecule has 4 heteroatoms. The van der Waals surface area contributed by atoms with Gasteiger partial charge in [-0.2, -0.15) is 0 Å². The lowest BCUT2D eigenvalue weighted by molar-refractivity contribution is 0.144. The van der Waals surface area contributed by atoms with Gasteiger partial charge in [-0.25, -0.2) is 4.79 Å². The first-order valence-electron chi connectivity index (χ1n) is 5.36. The topological polar surface area (TPSA) is 55.8 Å². The number of carbonyl (C=O) groups is 1. The fourth-order valence-corrected chi connectivity index (χ4v) is 1.25. The van der Waals surface area contributed by atoms with Crippen molar-refractivity contribution >= 4 is 6.16 Å². The van der Waals surface area contributed by atoms with Crippen LogP contribution in [0.3, 0.4) is 0 Å². The standard InChI is InChI=1S/C12H16O4/c1-2-3-4-9-15-10-5-7-11(8-6-10)16-12(13)14/h5-8H,2-4,9H2,1H3,(H,13,14). The van der Waals surface area contributed by atoms with Crippen molar-refractivity contribution < 1.29 is 19.4 Å². The molecule has 1 aromatic carbocycles. The van der Waals surface area contributed by atoms with Crippen molar-refractivity contribution in [2.24, 2.45) is 0 Å². The molecular formula is C12H16O4. The summed E-state index contributed by atoms with van der Waals surface area (Å²) in [5.74, 6) is 1.03. The Labute approximate surface area is 94.8 Å². The maximum Gasteiger partial charge on any atom is 0.511 e. The Kier molecular flexibility index (Phi) is 5.19. The Hall–Kier alpha value is -1.71. The Morgan fingerprint density at radius 2 is 1.81 bits per heavy atom. The third-order valence-corrected chi connectivity index (χ3v) is 2.05. The van der Waals surface area contributed by atoms with Crippen LogP contribution in [0.2, 0.25) is 0 Å². The first-order chi connectivity index (χ1) is 7.72. The molecule has 0 aliphatic heterocycles. The number of ether oxygens (including phenoxy) is 2. The SMILES string of the molecule is CCCCCOc1ccc(OC(=O)O)cc1. The molecule has 0 aliphatic rings. The van der Waals surface area contributed by atoms with Gasteiger partial charge in [-0.3, -0.25) is 0 Å². The van der Waals surface area contributed by atoms with E-state index in [1.165, 1.54) is 0 Å². The summed E-state index contributed by atoms with van der Waals surface area (Å²) in [6.45, 7) is 2.82. The average Bonchev–Trinajstić information content (AvgIpc) is 2.26. The Morgan fingerprint density at radius 1 is 1.19 bits per heavy atom. The van der Waals surface area contributed by atoms with Gasteiger partial charge in [-0.05, 0) is 30.7 Å². The van der Waals surface area contributed by atoms with Crippen molar-refractivity contribution in [1.29, 1.82) is 0 Å². The molecule has 0 bridgehead atoms. The maximum atomic E-state index is 10.2. The van der Waals surface area contributed by atoms with Crippen LogP contribution in [0, 0.1) is 0 Å². The van der Waals surface area contributed by atoms with Gasteiger partial charge in [-0.1, -0.05) is 19.8 Å². The second-order valence-corrected chi connectivity index (χ2v) is 3.39. The van der Waals surface area contributed by atoms with Crippen molar-refractivity contribution in [3.05, 3.63) is 24.3 Å². The zero-order valence-electron chi connectivity index (χ0n) is 9.31. The second-order valence-electron chi connectivity index (χ2n) is 3.39. The van der Waals surface area contributed by atoms with Crippen LogP contribution in [0.1, 0.15) is 26.2 Å². The number of unbranched alkanes of at least 4 members (excludes halogenated alkanes) is 2. The highest BCUT2D eigenvalue weighted by molar-refractivity contribution is 5.61. The number of benzene rings is 1. The molecule has 16 heavy (non-hydrogen) atoms. The van der Waals surface area contributed by atoms with E-state index in [0.29, 0.717) is 12.4 Å². The first kappa shape index (κ1) is 12.4. The van der Waals surface area contributed by atoms with Gasteiger partial charge in [0.2, 0.25) is 0 Å². The molecule has 0 saturated carbocycles. The van der Waals surface area contributed by atoms with Gasteiger partial charge in [0.1, 0.15) is 11.5 Å². The predicted octanol–water partition coefficient (Wildman–Crippen LogP) is 3.31. The lowest BCUT2D eigenvalue weighted by Crippen LogP contribution is -2.03. The molecule has 0 aliphatic carbocycles. The van der Waals surface area contributed by atoms with Gasteiger partial charge in [0, 0.05) is 0 Å². The zero-order chi connectivity index (χ0) is 11.8. The van der Waals surface area contributed by atoms with Crippen LogP contribution in [0.5, 0.6) is 11.5 Å². The summed E-state index contributed by atoms with van der Waals surface area (Å²) in [5.41, 5.74) is 0. The van der Waals surface area contributed by atoms with E-state index in [9.17, 15) is 4.79 Å². The minimum absolute atomic E-state index is 0.299. The van der Waals surface area contributed by atoms with Crippen molar-refractivity contribution in [2.75, 3.05) is 6.61 Å². The van der Waals surface area contributed by atoms with E-state index in [1.807, 2.05) is 0 Å². The fraction of sp³-hybridized carbons (Fsp3) is 0.417. The number of hydrogen-bond donors (Lipinski definition) is 1. The van der Waals surface area contributed by atoms with Crippen LogP contribution in [0.4, 0.5) is 4.79 Å². The zero-order valence-corrected chi connectivity index (χ0v) is 9.31. The number of hydrogen-bond acceptors (Lipinski definition) is 3. The van der Waals surface area contributed by atoms with E-state index >= 15 is 0 Å². The van der Waals surface area contributed by atoms with Crippen molar-refractivity contribution in [1.82, 2.24) is 0 Å². The highest BCUT2D eigenvalue weighted by Crippen LogP contribution is 2.17. The molecule has 0 fully saturated rings. The van der Waals surface area contributed by atoms with Crippen molar-refractivity contribution in [2.45, 2.75) is 26.2 Å². The first-order valence-corrected chi connectivity index (χ1v) is 5.36. The molecule has 0 atom stereocenters. The van der Waals surface area contributed by atoms with E-state index in [2.05, 4.69) is 11.7 Å². The van der Waals surface area contributed by atoms with Gasteiger partial charge >= 0.3 is 6.16 Å². The molecule has 88 valence electrons. The molecule has 4 nitrogen and oxygen atoms in total. The monoisotopic (exact) mass is 224 g/mol. The lowest BCUT2D eigenvalue weighted by atomic mass is 10.3. The molecule has 0 aromatic heterocycles. The smallest absolute Gasteiger partial charge is 0.494 e. The quantitative estimate of drug-likeness (QED) is 0.457. The maximum absolute atomic E-state index is 10.2.